The van der Waals surface area contributed by atoms with Gasteiger partial charge in [-0.15, -0.1) is 0 Å². The lowest BCUT2D eigenvalue weighted by Crippen LogP contribution is -3.12. The smallest absolute Gasteiger partial charge is 0.135 e. The average molecular weight is 280 g/mol. The van der Waals surface area contributed by atoms with Crippen molar-refractivity contribution in [2.45, 2.75) is 52.6 Å². The van der Waals surface area contributed by atoms with E-state index in [0.29, 0.717) is 23.4 Å². The molecule has 0 radical (unpaired) electrons. The fraction of sp³-hybridized carbons (Fsp3) is 0.647. The Bertz CT molecular complexity index is 505. The maximum absolute atomic E-state index is 13.8. The molecule has 1 saturated carbocycles. The van der Waals surface area contributed by atoms with Crippen molar-refractivity contribution in [2.24, 2.45) is 10.8 Å². The van der Waals surface area contributed by atoms with E-state index < -0.39 is 11.6 Å². The summed E-state index contributed by atoms with van der Waals surface area (Å²) in [5, 5.41) is 0. The van der Waals surface area contributed by atoms with Gasteiger partial charge in [-0.2, -0.15) is 0 Å². The molecule has 0 amide bonds. The first-order valence-corrected chi connectivity index (χ1v) is 7.56. The molecule has 3 rings (SSSR count). The molecule has 2 bridgehead atoms. The van der Waals surface area contributed by atoms with E-state index in [1.165, 1.54) is 35.9 Å². The summed E-state index contributed by atoms with van der Waals surface area (Å²) in [6.07, 6.45) is 3.58. The summed E-state index contributed by atoms with van der Waals surface area (Å²) < 4.78 is 27.7. The van der Waals surface area contributed by atoms with Crippen molar-refractivity contribution >= 4 is 0 Å². The van der Waals surface area contributed by atoms with Crippen molar-refractivity contribution in [1.29, 1.82) is 0 Å². The SMILES string of the molecule is CC1(C)C[C@@H]2C[C@@](C)(C[NH+]2Cc2c(F)cccc2F)C1. The second-order valence-electron chi connectivity index (χ2n) is 7.97. The Morgan fingerprint density at radius 2 is 1.80 bits per heavy atom. The Morgan fingerprint density at radius 3 is 2.45 bits per heavy atom. The highest BCUT2D eigenvalue weighted by Gasteiger charge is 2.52. The number of hydrogen-bond acceptors (Lipinski definition) is 0. The monoisotopic (exact) mass is 280 g/mol. The minimum atomic E-state index is -0.400. The summed E-state index contributed by atoms with van der Waals surface area (Å²) >= 11 is 0. The normalized spacial score (nSPS) is 35.2. The van der Waals surface area contributed by atoms with Crippen LogP contribution in [-0.4, -0.2) is 12.6 Å². The Hall–Kier alpha value is -0.960. The lowest BCUT2D eigenvalue weighted by molar-refractivity contribution is -0.928. The van der Waals surface area contributed by atoms with E-state index in [0.717, 1.165) is 13.0 Å². The van der Waals surface area contributed by atoms with Crippen LogP contribution < -0.4 is 4.90 Å². The van der Waals surface area contributed by atoms with Crippen LogP contribution in [0.2, 0.25) is 0 Å². The maximum Gasteiger partial charge on any atom is 0.135 e. The quantitative estimate of drug-likeness (QED) is 0.849. The summed E-state index contributed by atoms with van der Waals surface area (Å²) in [6, 6.07) is 4.72. The van der Waals surface area contributed by atoms with Gasteiger partial charge in [-0.3, -0.25) is 0 Å². The molecule has 1 unspecified atom stereocenters. The maximum atomic E-state index is 13.8. The minimum Gasteiger partial charge on any atom is -0.328 e. The number of benzene rings is 1. The highest BCUT2D eigenvalue weighted by molar-refractivity contribution is 5.18. The minimum absolute atomic E-state index is 0.261. The van der Waals surface area contributed by atoms with Gasteiger partial charge in [-0.25, -0.2) is 8.78 Å². The summed E-state index contributed by atoms with van der Waals surface area (Å²) in [5.41, 5.74) is 0.952. The molecule has 3 atom stereocenters. The van der Waals surface area contributed by atoms with Gasteiger partial charge in [0.2, 0.25) is 0 Å². The van der Waals surface area contributed by atoms with E-state index in [9.17, 15) is 8.78 Å². The molecular weight excluding hydrogens is 256 g/mol. The zero-order chi connectivity index (χ0) is 14.5. The Morgan fingerprint density at radius 1 is 1.15 bits per heavy atom. The molecule has 1 aliphatic carbocycles. The molecule has 1 nitrogen and oxygen atoms in total. The van der Waals surface area contributed by atoms with Gasteiger partial charge < -0.3 is 4.90 Å². The second-order valence-corrected chi connectivity index (χ2v) is 7.97. The van der Waals surface area contributed by atoms with Gasteiger partial charge in [0.05, 0.1) is 18.2 Å². The third-order valence-corrected chi connectivity index (χ3v) is 5.14. The van der Waals surface area contributed by atoms with Gasteiger partial charge in [0.1, 0.15) is 18.2 Å². The van der Waals surface area contributed by atoms with E-state index in [-0.39, 0.29) is 5.56 Å². The first-order chi connectivity index (χ1) is 9.28. The molecule has 20 heavy (non-hydrogen) atoms. The molecule has 1 saturated heterocycles. The van der Waals surface area contributed by atoms with Crippen molar-refractivity contribution in [3.63, 3.8) is 0 Å². The summed E-state index contributed by atoms with van der Waals surface area (Å²) in [7, 11) is 0. The summed E-state index contributed by atoms with van der Waals surface area (Å²) in [4.78, 5) is 1.36. The molecular formula is C17H24F2N+. The molecule has 110 valence electrons. The van der Waals surface area contributed by atoms with Crippen molar-refractivity contribution in [2.75, 3.05) is 6.54 Å². The molecule has 0 aromatic heterocycles. The van der Waals surface area contributed by atoms with E-state index in [1.807, 2.05) is 0 Å². The lowest BCUT2D eigenvalue weighted by atomic mass is 9.65. The molecule has 1 aromatic carbocycles. The van der Waals surface area contributed by atoms with Crippen molar-refractivity contribution in [3.05, 3.63) is 35.4 Å². The fourth-order valence-electron chi connectivity index (χ4n) is 4.88. The lowest BCUT2D eigenvalue weighted by Gasteiger charge is -2.37. The van der Waals surface area contributed by atoms with Crippen LogP contribution in [0.5, 0.6) is 0 Å². The number of quaternary nitrogens is 1. The number of rotatable bonds is 2. The molecule has 3 heteroatoms. The van der Waals surface area contributed by atoms with Gasteiger partial charge in [0, 0.05) is 18.3 Å². The van der Waals surface area contributed by atoms with Gasteiger partial charge in [-0.1, -0.05) is 26.8 Å². The Kier molecular flexibility index (Phi) is 3.16. The molecule has 0 spiro atoms. The van der Waals surface area contributed by atoms with Gasteiger partial charge in [0.15, 0.2) is 0 Å². The fourth-order valence-corrected chi connectivity index (χ4v) is 4.88. The van der Waals surface area contributed by atoms with Crippen molar-refractivity contribution in [3.8, 4) is 0 Å². The topological polar surface area (TPSA) is 4.44 Å². The first-order valence-electron chi connectivity index (χ1n) is 7.56. The van der Waals surface area contributed by atoms with Crippen LogP contribution in [-0.2, 0) is 6.54 Å². The van der Waals surface area contributed by atoms with Crippen LogP contribution >= 0.6 is 0 Å². The van der Waals surface area contributed by atoms with Gasteiger partial charge in [0.25, 0.3) is 0 Å². The zero-order valence-corrected chi connectivity index (χ0v) is 12.6. The number of likely N-dealkylation sites (tertiary alicyclic amines) is 1. The largest absolute Gasteiger partial charge is 0.328 e. The summed E-state index contributed by atoms with van der Waals surface area (Å²) in [5.74, 6) is -0.799. The van der Waals surface area contributed by atoms with Crippen molar-refractivity contribution < 1.29 is 13.7 Å². The van der Waals surface area contributed by atoms with Crippen LogP contribution in [0.15, 0.2) is 18.2 Å². The third kappa shape index (κ3) is 2.48. The third-order valence-electron chi connectivity index (χ3n) is 5.14. The highest BCUT2D eigenvalue weighted by Crippen LogP contribution is 2.47. The van der Waals surface area contributed by atoms with E-state index >= 15 is 0 Å². The molecule has 1 N–H and O–H groups in total. The van der Waals surface area contributed by atoms with Crippen molar-refractivity contribution in [1.82, 2.24) is 0 Å². The van der Waals surface area contributed by atoms with Crippen LogP contribution in [0.1, 0.15) is 45.6 Å². The predicted molar refractivity (Wildman–Crippen MR) is 75.4 cm³/mol. The molecule has 2 aliphatic rings. The molecule has 1 aromatic rings. The number of halogens is 2. The molecule has 1 heterocycles. The molecule has 2 fully saturated rings. The highest BCUT2D eigenvalue weighted by atomic mass is 19.1. The van der Waals surface area contributed by atoms with E-state index in [4.69, 9.17) is 0 Å². The number of fused-ring (bicyclic) bond motifs is 2. The van der Waals surface area contributed by atoms with Crippen LogP contribution in [0.25, 0.3) is 0 Å². The van der Waals surface area contributed by atoms with Crippen LogP contribution in [0, 0.1) is 22.5 Å². The average Bonchev–Trinajstić information content (AvgIpc) is 2.53. The zero-order valence-electron chi connectivity index (χ0n) is 12.6. The van der Waals surface area contributed by atoms with Gasteiger partial charge >= 0.3 is 0 Å². The summed E-state index contributed by atoms with van der Waals surface area (Å²) in [6.45, 7) is 8.50. The predicted octanol–water partition coefficient (Wildman–Crippen LogP) is 2.95. The first kappa shape index (κ1) is 14.0. The van der Waals surface area contributed by atoms with E-state index in [2.05, 4.69) is 20.8 Å². The van der Waals surface area contributed by atoms with Gasteiger partial charge in [-0.05, 0) is 24.0 Å². The molecule has 1 aliphatic heterocycles. The Labute approximate surface area is 120 Å². The van der Waals surface area contributed by atoms with Crippen LogP contribution in [0.4, 0.5) is 8.78 Å². The number of hydrogen-bond donors (Lipinski definition) is 1. The second kappa shape index (κ2) is 4.52. The van der Waals surface area contributed by atoms with E-state index in [1.54, 1.807) is 0 Å². The Balaban J connectivity index is 1.83. The number of nitrogens with one attached hydrogen (secondary N) is 1. The standard InChI is InChI=1S/C17H23F2N/c1-16(2)7-12-8-17(3,10-16)11-20(12)9-13-14(18)5-4-6-15(13)19/h4-6,12H,7-11H2,1-3H3/p+1/t12-,17-/m1/s1. The van der Waals surface area contributed by atoms with Crippen LogP contribution in [0.3, 0.4) is 0 Å².